The van der Waals surface area contributed by atoms with Crippen molar-refractivity contribution in [2.45, 2.75) is 167 Å². The summed E-state index contributed by atoms with van der Waals surface area (Å²) >= 11 is 0. The van der Waals surface area contributed by atoms with Crippen molar-refractivity contribution in [1.82, 2.24) is 0 Å². The zero-order valence-corrected chi connectivity index (χ0v) is 32.1. The van der Waals surface area contributed by atoms with Crippen LogP contribution in [0.25, 0.3) is 0 Å². The Labute approximate surface area is 300 Å². The van der Waals surface area contributed by atoms with Gasteiger partial charge in [-0.1, -0.05) is 127 Å². The SMILES string of the molecule is CC/C=C\C/C=C\C/C=C\CCCCCCCC(=O)OC(COCCC(C(=O)O)[N+](C)(C)C)COC(=O)CCCCCCCCCCCC. The van der Waals surface area contributed by atoms with E-state index in [0.717, 1.165) is 77.0 Å². The summed E-state index contributed by atoms with van der Waals surface area (Å²) in [7, 11) is 5.51. The molecule has 0 aliphatic carbocycles. The second-order valence-corrected chi connectivity index (χ2v) is 14.2. The lowest BCUT2D eigenvalue weighted by molar-refractivity contribution is -0.887. The summed E-state index contributed by atoms with van der Waals surface area (Å²) in [6, 6.07) is -0.615. The van der Waals surface area contributed by atoms with E-state index in [0.29, 0.717) is 19.3 Å². The van der Waals surface area contributed by atoms with Gasteiger partial charge >= 0.3 is 17.9 Å². The molecular weight excluding hydrogens is 618 g/mol. The Hall–Kier alpha value is -2.45. The molecule has 0 saturated heterocycles. The first kappa shape index (κ1) is 46.5. The average Bonchev–Trinajstić information content (AvgIpc) is 3.05. The van der Waals surface area contributed by atoms with Gasteiger partial charge < -0.3 is 23.8 Å². The first-order valence-corrected chi connectivity index (χ1v) is 19.5. The Bertz CT molecular complexity index is 906. The van der Waals surface area contributed by atoms with Crippen molar-refractivity contribution >= 4 is 17.9 Å². The van der Waals surface area contributed by atoms with Crippen LogP contribution in [-0.4, -0.2) is 80.6 Å². The number of unbranched alkanes of at least 4 members (excludes halogenated alkanes) is 14. The van der Waals surface area contributed by atoms with Gasteiger partial charge in [-0.05, 0) is 44.9 Å². The molecule has 2 atom stereocenters. The number of ether oxygens (including phenoxy) is 3. The maximum Gasteiger partial charge on any atom is 0.362 e. The lowest BCUT2D eigenvalue weighted by Crippen LogP contribution is -2.50. The van der Waals surface area contributed by atoms with Crippen LogP contribution in [0.1, 0.15) is 155 Å². The molecule has 284 valence electrons. The van der Waals surface area contributed by atoms with Gasteiger partial charge in [0.25, 0.3) is 0 Å². The summed E-state index contributed by atoms with van der Waals surface area (Å²) in [6.07, 6.45) is 34.7. The number of hydrogen-bond acceptors (Lipinski definition) is 6. The molecule has 2 unspecified atom stereocenters. The van der Waals surface area contributed by atoms with Crippen LogP contribution in [0.15, 0.2) is 36.5 Å². The third-order valence-electron chi connectivity index (χ3n) is 8.55. The van der Waals surface area contributed by atoms with Gasteiger partial charge in [0.15, 0.2) is 12.1 Å². The van der Waals surface area contributed by atoms with E-state index in [9.17, 15) is 19.5 Å². The van der Waals surface area contributed by atoms with E-state index < -0.39 is 18.1 Å². The van der Waals surface area contributed by atoms with Crippen LogP contribution in [0.4, 0.5) is 0 Å². The molecular formula is C41H74NO7+. The third kappa shape index (κ3) is 31.3. The van der Waals surface area contributed by atoms with Gasteiger partial charge in [0, 0.05) is 19.3 Å². The lowest BCUT2D eigenvalue weighted by Gasteiger charge is -2.31. The van der Waals surface area contributed by atoms with Crippen molar-refractivity contribution in [1.29, 1.82) is 0 Å². The highest BCUT2D eigenvalue weighted by atomic mass is 16.6. The fourth-order valence-corrected chi connectivity index (χ4v) is 5.52. The molecule has 0 aromatic rings. The monoisotopic (exact) mass is 693 g/mol. The van der Waals surface area contributed by atoms with Crippen molar-refractivity contribution < 1.29 is 38.2 Å². The van der Waals surface area contributed by atoms with Crippen LogP contribution in [0, 0.1) is 0 Å². The molecule has 0 aliphatic rings. The summed E-state index contributed by atoms with van der Waals surface area (Å²) in [5.74, 6) is -1.49. The molecule has 0 aromatic heterocycles. The van der Waals surface area contributed by atoms with E-state index in [1.54, 1.807) is 0 Å². The molecule has 1 N–H and O–H groups in total. The van der Waals surface area contributed by atoms with E-state index in [4.69, 9.17) is 14.2 Å². The molecule has 0 heterocycles. The fraction of sp³-hybridized carbons (Fsp3) is 0.780. The fourth-order valence-electron chi connectivity index (χ4n) is 5.52. The number of likely N-dealkylation sites (N-methyl/N-ethyl adjacent to an activating group) is 1. The highest BCUT2D eigenvalue weighted by Gasteiger charge is 2.31. The van der Waals surface area contributed by atoms with Gasteiger partial charge in [0.2, 0.25) is 0 Å². The molecule has 0 rings (SSSR count). The molecule has 8 heteroatoms. The Kier molecular flexibility index (Phi) is 31.1. The van der Waals surface area contributed by atoms with Crippen LogP contribution in [0.5, 0.6) is 0 Å². The molecule has 0 spiro atoms. The van der Waals surface area contributed by atoms with Gasteiger partial charge in [-0.25, -0.2) is 4.79 Å². The van der Waals surface area contributed by atoms with Gasteiger partial charge in [0.1, 0.15) is 6.61 Å². The van der Waals surface area contributed by atoms with Gasteiger partial charge in [-0.15, -0.1) is 0 Å². The standard InChI is InChI=1S/C41H73NO7/c1-6-8-10-12-14-16-18-19-20-21-22-24-26-28-30-32-40(44)49-37(35-47-34-33-38(41(45)46)42(3,4)5)36-48-39(43)31-29-27-25-23-17-15-13-11-9-7-2/h8,10,14,16,19-20,37-38H,6-7,9,11-13,15,17-18,21-36H2,1-5H3/p+1/b10-8-,16-14-,20-19-. The number of hydrogen-bond donors (Lipinski definition) is 1. The average molecular weight is 693 g/mol. The lowest BCUT2D eigenvalue weighted by atomic mass is 10.1. The van der Waals surface area contributed by atoms with Crippen LogP contribution >= 0.6 is 0 Å². The first-order chi connectivity index (χ1) is 23.6. The second-order valence-electron chi connectivity index (χ2n) is 14.2. The number of carbonyl (C=O) groups excluding carboxylic acids is 2. The van der Waals surface area contributed by atoms with Gasteiger partial charge in [-0.3, -0.25) is 9.59 Å². The zero-order valence-electron chi connectivity index (χ0n) is 32.1. The third-order valence-corrected chi connectivity index (χ3v) is 8.55. The minimum Gasteiger partial charge on any atom is -0.477 e. The molecule has 49 heavy (non-hydrogen) atoms. The molecule has 0 saturated carbocycles. The largest absolute Gasteiger partial charge is 0.477 e. The first-order valence-electron chi connectivity index (χ1n) is 19.5. The van der Waals surface area contributed by atoms with E-state index in [2.05, 4.69) is 50.3 Å². The highest BCUT2D eigenvalue weighted by molar-refractivity contribution is 5.72. The van der Waals surface area contributed by atoms with Crippen molar-refractivity contribution in [3.05, 3.63) is 36.5 Å². The smallest absolute Gasteiger partial charge is 0.362 e. The Morgan fingerprint density at radius 2 is 1.14 bits per heavy atom. The molecule has 0 bridgehead atoms. The number of quaternary nitrogens is 1. The highest BCUT2D eigenvalue weighted by Crippen LogP contribution is 2.13. The van der Waals surface area contributed by atoms with Crippen LogP contribution in [-0.2, 0) is 28.6 Å². The second kappa shape index (κ2) is 32.7. The van der Waals surface area contributed by atoms with Crippen molar-refractivity contribution in [3.63, 3.8) is 0 Å². The van der Waals surface area contributed by atoms with E-state index in [1.807, 2.05) is 21.1 Å². The van der Waals surface area contributed by atoms with Crippen molar-refractivity contribution in [2.75, 3.05) is 41.0 Å². The maximum absolute atomic E-state index is 12.6. The summed E-state index contributed by atoms with van der Waals surface area (Å²) in [5, 5.41) is 9.58. The molecule has 0 amide bonds. The summed E-state index contributed by atoms with van der Waals surface area (Å²) in [4.78, 5) is 36.8. The number of carboxylic acid groups (broad SMARTS) is 1. The number of nitrogens with zero attached hydrogens (tertiary/aromatic N) is 1. The quantitative estimate of drug-likeness (QED) is 0.0310. The van der Waals surface area contributed by atoms with Gasteiger partial charge in [0.05, 0.1) is 34.4 Å². The van der Waals surface area contributed by atoms with E-state index in [1.165, 1.54) is 44.9 Å². The number of carboxylic acids is 1. The molecule has 0 radical (unpaired) electrons. The number of rotatable bonds is 34. The zero-order chi connectivity index (χ0) is 36.4. The predicted molar refractivity (Wildman–Crippen MR) is 201 cm³/mol. The Morgan fingerprint density at radius 1 is 0.633 bits per heavy atom. The number of allylic oxidation sites excluding steroid dienone is 6. The summed E-state index contributed by atoms with van der Waals surface area (Å²) < 4.78 is 17.2. The van der Waals surface area contributed by atoms with Crippen LogP contribution < -0.4 is 0 Å². The topological polar surface area (TPSA) is 99.1 Å². The van der Waals surface area contributed by atoms with Crippen molar-refractivity contribution in [2.24, 2.45) is 0 Å². The Balaban J connectivity index is 4.44. The predicted octanol–water partition coefficient (Wildman–Crippen LogP) is 9.91. The molecule has 8 nitrogen and oxygen atoms in total. The minimum absolute atomic E-state index is 0.0555. The van der Waals surface area contributed by atoms with Crippen LogP contribution in [0.3, 0.4) is 0 Å². The van der Waals surface area contributed by atoms with E-state index >= 15 is 0 Å². The van der Waals surface area contributed by atoms with Gasteiger partial charge in [-0.2, -0.15) is 0 Å². The summed E-state index contributed by atoms with van der Waals surface area (Å²) in [6.45, 7) is 4.58. The molecule has 0 fully saturated rings. The summed E-state index contributed by atoms with van der Waals surface area (Å²) in [5.41, 5.74) is 0. The number of aliphatic carboxylic acids is 1. The number of carbonyl (C=O) groups is 3. The molecule has 0 aromatic carbocycles. The van der Waals surface area contributed by atoms with Crippen LogP contribution in [0.2, 0.25) is 0 Å². The Morgan fingerprint density at radius 3 is 1.69 bits per heavy atom. The normalized spacial score (nSPS) is 13.4. The number of esters is 2. The molecule has 0 aliphatic heterocycles. The van der Waals surface area contributed by atoms with E-state index in [-0.39, 0.29) is 36.2 Å². The minimum atomic E-state index is -0.879. The van der Waals surface area contributed by atoms with Crippen molar-refractivity contribution in [3.8, 4) is 0 Å². The maximum atomic E-state index is 12.6.